The van der Waals surface area contributed by atoms with E-state index < -0.39 is 21.4 Å². The van der Waals surface area contributed by atoms with E-state index in [2.05, 4.69) is 88.2 Å². The molecule has 4 rings (SSSR count). The van der Waals surface area contributed by atoms with Crippen LogP contribution in [0.15, 0.2) is 72.8 Å². The zero-order valence-corrected chi connectivity index (χ0v) is 18.0. The van der Waals surface area contributed by atoms with Gasteiger partial charge in [-0.3, -0.25) is 0 Å². The summed E-state index contributed by atoms with van der Waals surface area (Å²) in [5.74, 6) is 0. The van der Waals surface area contributed by atoms with Crippen LogP contribution in [0.3, 0.4) is 0 Å². The van der Waals surface area contributed by atoms with Crippen LogP contribution in [-0.4, -0.2) is 0 Å². The van der Waals surface area contributed by atoms with Crippen molar-refractivity contribution in [3.63, 3.8) is 0 Å². The molecule has 1 unspecified atom stereocenters. The Labute approximate surface area is 152 Å². The third-order valence-electron chi connectivity index (χ3n) is 5.49. The number of rotatable bonds is 4. The predicted molar refractivity (Wildman–Crippen MR) is 101 cm³/mol. The minimum atomic E-state index is -1.70. The molecule has 0 heterocycles. The van der Waals surface area contributed by atoms with Crippen molar-refractivity contribution in [2.45, 2.75) is 25.4 Å². The van der Waals surface area contributed by atoms with Gasteiger partial charge in [0, 0.05) is 0 Å². The standard InChI is InChI=1S/C21H17.2CH3.Hf/c1-2-6-16(7-3-1)10-11-17-12-13-20-14-18-8-4-5-9-19(18)15-21(17)20;;;/h1-9,12-15H,10-11H2;2*1H3;. The topological polar surface area (TPSA) is 0 Å². The van der Waals surface area contributed by atoms with Crippen molar-refractivity contribution >= 4 is 16.8 Å². The molecule has 0 amide bonds. The summed E-state index contributed by atoms with van der Waals surface area (Å²) in [5, 5.41) is 2.75. The molecule has 0 N–H and O–H groups in total. The van der Waals surface area contributed by atoms with Crippen molar-refractivity contribution in [3.8, 4) is 0 Å². The van der Waals surface area contributed by atoms with Crippen LogP contribution in [0.5, 0.6) is 0 Å². The average Bonchev–Trinajstić information content (AvgIpc) is 2.98. The normalized spacial score (nSPS) is 18.8. The van der Waals surface area contributed by atoms with E-state index in [0.717, 1.165) is 0 Å². The summed E-state index contributed by atoms with van der Waals surface area (Å²) in [4.78, 5) is 0. The zero-order valence-electron chi connectivity index (χ0n) is 14.4. The Hall–Kier alpha value is -1.47. The Bertz CT molecular complexity index is 892. The number of fused-ring (bicyclic) bond motifs is 2. The fourth-order valence-corrected chi connectivity index (χ4v) is 10.4. The Balaban J connectivity index is 1.75. The van der Waals surface area contributed by atoms with Crippen LogP contribution < -0.4 is 0 Å². The van der Waals surface area contributed by atoms with Gasteiger partial charge in [-0.15, -0.1) is 0 Å². The fraction of sp³-hybridized carbons (Fsp3) is 0.217. The van der Waals surface area contributed by atoms with Crippen LogP contribution in [0.1, 0.15) is 23.1 Å². The van der Waals surface area contributed by atoms with E-state index in [9.17, 15) is 0 Å². The van der Waals surface area contributed by atoms with E-state index in [1.165, 1.54) is 34.7 Å². The number of aryl methyl sites for hydroxylation is 1. The van der Waals surface area contributed by atoms with Crippen LogP contribution in [-0.2, 0) is 31.0 Å². The number of hydrogen-bond acceptors (Lipinski definition) is 0. The van der Waals surface area contributed by atoms with Crippen LogP contribution >= 0.6 is 0 Å². The Kier molecular flexibility index (Phi) is 4.30. The van der Waals surface area contributed by atoms with Gasteiger partial charge in [-0.1, -0.05) is 0 Å². The van der Waals surface area contributed by atoms with Gasteiger partial charge in [-0.25, -0.2) is 0 Å². The van der Waals surface area contributed by atoms with Crippen molar-refractivity contribution < 1.29 is 21.4 Å². The van der Waals surface area contributed by atoms with Gasteiger partial charge in [0.2, 0.25) is 0 Å². The van der Waals surface area contributed by atoms with Crippen molar-refractivity contribution in [2.24, 2.45) is 0 Å². The van der Waals surface area contributed by atoms with E-state index >= 15 is 0 Å². The summed E-state index contributed by atoms with van der Waals surface area (Å²) in [6, 6.07) is 24.6. The second-order valence-electron chi connectivity index (χ2n) is 7.08. The van der Waals surface area contributed by atoms with Crippen molar-refractivity contribution in [2.75, 3.05) is 0 Å². The molecule has 3 aromatic rings. The predicted octanol–water partition coefficient (Wildman–Crippen LogP) is 6.41. The molecule has 0 spiro atoms. The summed E-state index contributed by atoms with van der Waals surface area (Å²) < 4.78 is 5.51. The first-order chi connectivity index (χ1) is 11.7. The minimum absolute atomic E-state index is 0.361. The van der Waals surface area contributed by atoms with Crippen LogP contribution in [0.2, 0.25) is 9.36 Å². The molecule has 1 atom stereocenters. The van der Waals surface area contributed by atoms with E-state index in [4.69, 9.17) is 0 Å². The summed E-state index contributed by atoms with van der Waals surface area (Å²) in [6.45, 7) is 0. The maximum atomic E-state index is 2.57. The molecule has 1 aliphatic rings. The van der Waals surface area contributed by atoms with E-state index in [0.29, 0.717) is 3.17 Å². The van der Waals surface area contributed by atoms with Gasteiger partial charge < -0.3 is 0 Å². The summed E-state index contributed by atoms with van der Waals surface area (Å²) >= 11 is -1.70. The Morgan fingerprint density at radius 1 is 0.833 bits per heavy atom. The monoisotopic (exact) mass is 479 g/mol. The molecule has 0 radical (unpaired) electrons. The molecule has 1 aliphatic carbocycles. The molecule has 24 heavy (non-hydrogen) atoms. The molecular formula is C23H23Hf. The van der Waals surface area contributed by atoms with Crippen LogP contribution in [0, 0.1) is 0 Å². The van der Waals surface area contributed by atoms with E-state index in [1.807, 2.05) is 0 Å². The fourth-order valence-electron chi connectivity index (χ4n) is 3.99. The molecule has 3 aromatic carbocycles. The molecule has 0 nitrogen and oxygen atoms in total. The van der Waals surface area contributed by atoms with E-state index in [-0.39, 0.29) is 0 Å². The van der Waals surface area contributed by atoms with Gasteiger partial charge in [0.25, 0.3) is 0 Å². The average molecular weight is 478 g/mol. The third kappa shape index (κ3) is 2.73. The molecule has 0 aliphatic heterocycles. The quantitative estimate of drug-likeness (QED) is 0.381. The SMILES string of the molecule is [CH3][Hf]([CH3])[C]1(CCc2ccccc2)C=Cc2cc3ccccc3cc21. The van der Waals surface area contributed by atoms with Crippen molar-refractivity contribution in [3.05, 3.63) is 89.5 Å². The van der Waals surface area contributed by atoms with Gasteiger partial charge in [-0.05, 0) is 0 Å². The summed E-state index contributed by atoms with van der Waals surface area (Å²) in [6.07, 6.45) is 7.38. The second kappa shape index (κ2) is 6.44. The molecular weight excluding hydrogens is 455 g/mol. The molecule has 0 aromatic heterocycles. The third-order valence-corrected chi connectivity index (χ3v) is 14.4. The van der Waals surface area contributed by atoms with Crippen molar-refractivity contribution in [1.82, 2.24) is 0 Å². The molecule has 0 bridgehead atoms. The van der Waals surface area contributed by atoms with Gasteiger partial charge in [0.15, 0.2) is 0 Å². The summed E-state index contributed by atoms with van der Waals surface area (Å²) in [5.41, 5.74) is 4.52. The molecule has 0 saturated carbocycles. The van der Waals surface area contributed by atoms with Gasteiger partial charge in [-0.2, -0.15) is 0 Å². The molecule has 0 saturated heterocycles. The van der Waals surface area contributed by atoms with Crippen LogP contribution in [0.25, 0.3) is 16.8 Å². The first-order valence-electron chi connectivity index (χ1n) is 8.76. The first-order valence-corrected chi connectivity index (χ1v) is 17.7. The van der Waals surface area contributed by atoms with Gasteiger partial charge in [0.05, 0.1) is 0 Å². The van der Waals surface area contributed by atoms with Crippen molar-refractivity contribution in [1.29, 1.82) is 0 Å². The maximum absolute atomic E-state index is 2.57. The number of benzene rings is 3. The van der Waals surface area contributed by atoms with E-state index in [1.54, 1.807) is 5.56 Å². The second-order valence-corrected chi connectivity index (χ2v) is 17.5. The zero-order chi connectivity index (χ0) is 16.6. The molecule has 0 fully saturated rings. The molecule has 1 heteroatoms. The van der Waals surface area contributed by atoms with Crippen LogP contribution in [0.4, 0.5) is 0 Å². The number of hydrogen-bond donors (Lipinski definition) is 0. The first kappa shape index (κ1) is 16.0. The molecule has 119 valence electrons. The Morgan fingerprint density at radius 2 is 1.50 bits per heavy atom. The summed E-state index contributed by atoms with van der Waals surface area (Å²) in [7, 11) is 0. The number of allylic oxidation sites excluding steroid dienone is 1. The van der Waals surface area contributed by atoms with Gasteiger partial charge in [0.1, 0.15) is 0 Å². The van der Waals surface area contributed by atoms with Gasteiger partial charge >= 0.3 is 153 Å². The Morgan fingerprint density at radius 3 is 2.21 bits per heavy atom.